The second kappa shape index (κ2) is 4.55. The second-order valence-electron chi connectivity index (χ2n) is 4.36. The number of imidazole rings is 1. The fourth-order valence-electron chi connectivity index (χ4n) is 2.00. The molecule has 1 aromatic rings. The van der Waals surface area contributed by atoms with Crippen molar-refractivity contribution in [3.8, 4) is 0 Å². The van der Waals surface area contributed by atoms with Crippen molar-refractivity contribution in [2.24, 2.45) is 5.92 Å². The van der Waals surface area contributed by atoms with Crippen molar-refractivity contribution >= 4 is 10.0 Å². The van der Waals surface area contributed by atoms with Gasteiger partial charge in [-0.3, -0.25) is 0 Å². The zero-order valence-electron chi connectivity index (χ0n) is 9.39. The minimum atomic E-state index is -3.35. The monoisotopic (exact) mass is 243 g/mol. The summed E-state index contributed by atoms with van der Waals surface area (Å²) < 4.78 is 25.9. The fourth-order valence-corrected chi connectivity index (χ4v) is 3.39. The third-order valence-electron chi connectivity index (χ3n) is 3.07. The predicted octanol–water partition coefficient (Wildman–Crippen LogP) is 1.22. The van der Waals surface area contributed by atoms with Crippen molar-refractivity contribution in [2.75, 3.05) is 13.1 Å². The van der Waals surface area contributed by atoms with Crippen LogP contribution >= 0.6 is 0 Å². The molecule has 1 aliphatic heterocycles. The zero-order chi connectivity index (χ0) is 11.6. The molecule has 0 aromatic carbocycles. The van der Waals surface area contributed by atoms with Crippen LogP contribution in [0.3, 0.4) is 0 Å². The van der Waals surface area contributed by atoms with Crippen LogP contribution in [0.15, 0.2) is 17.6 Å². The molecule has 1 aliphatic rings. The molecule has 1 unspecified atom stereocenters. The van der Waals surface area contributed by atoms with Gasteiger partial charge in [0.2, 0.25) is 0 Å². The number of H-pyrrole nitrogens is 1. The van der Waals surface area contributed by atoms with Crippen LogP contribution in [-0.2, 0) is 10.0 Å². The normalized spacial score (nSPS) is 24.2. The zero-order valence-corrected chi connectivity index (χ0v) is 10.2. The average molecular weight is 243 g/mol. The first kappa shape index (κ1) is 11.6. The van der Waals surface area contributed by atoms with E-state index in [0.29, 0.717) is 19.0 Å². The quantitative estimate of drug-likeness (QED) is 0.849. The van der Waals surface area contributed by atoms with Crippen molar-refractivity contribution in [3.63, 3.8) is 0 Å². The Labute approximate surface area is 95.9 Å². The molecule has 0 amide bonds. The van der Waals surface area contributed by atoms with Gasteiger partial charge < -0.3 is 4.98 Å². The van der Waals surface area contributed by atoms with E-state index >= 15 is 0 Å². The molecule has 16 heavy (non-hydrogen) atoms. The minimum absolute atomic E-state index is 0.196. The first-order valence-corrected chi connectivity index (χ1v) is 7.03. The summed E-state index contributed by atoms with van der Waals surface area (Å²) in [4.78, 5) is 6.43. The topological polar surface area (TPSA) is 66.1 Å². The van der Waals surface area contributed by atoms with Crippen molar-refractivity contribution in [2.45, 2.75) is 31.2 Å². The van der Waals surface area contributed by atoms with Crippen LogP contribution < -0.4 is 0 Å². The Morgan fingerprint density at radius 2 is 2.25 bits per heavy atom. The van der Waals surface area contributed by atoms with Gasteiger partial charge in [0.1, 0.15) is 0 Å². The van der Waals surface area contributed by atoms with Gasteiger partial charge in [-0.2, -0.15) is 4.31 Å². The standard InChI is InChI=1S/C10H17N3O2S/c1-9-3-2-5-13(6-4-9)16(14,15)10-7-11-8-12-10/h7-9H,2-6H2,1H3,(H,11,12). The summed E-state index contributed by atoms with van der Waals surface area (Å²) in [5.41, 5.74) is 0. The van der Waals surface area contributed by atoms with Crippen molar-refractivity contribution in [3.05, 3.63) is 12.5 Å². The van der Waals surface area contributed by atoms with Gasteiger partial charge in [-0.25, -0.2) is 13.4 Å². The van der Waals surface area contributed by atoms with Crippen LogP contribution in [0.2, 0.25) is 0 Å². The highest BCUT2D eigenvalue weighted by atomic mass is 32.2. The summed E-state index contributed by atoms with van der Waals surface area (Å²) in [5, 5.41) is 0.196. The van der Waals surface area contributed by atoms with Crippen LogP contribution in [0, 0.1) is 5.92 Å². The molecule has 0 spiro atoms. The molecule has 2 rings (SSSR count). The van der Waals surface area contributed by atoms with Crippen molar-refractivity contribution in [1.29, 1.82) is 0 Å². The van der Waals surface area contributed by atoms with Crippen molar-refractivity contribution < 1.29 is 8.42 Å². The molecule has 6 heteroatoms. The van der Waals surface area contributed by atoms with Gasteiger partial charge in [0.05, 0.1) is 12.5 Å². The lowest BCUT2D eigenvalue weighted by atomic mass is 10.0. The number of hydrogen-bond acceptors (Lipinski definition) is 3. The molecule has 1 N–H and O–H groups in total. The van der Waals surface area contributed by atoms with E-state index in [4.69, 9.17) is 0 Å². The Bertz CT molecular complexity index is 427. The number of aromatic amines is 1. The Hall–Kier alpha value is -0.880. The maximum atomic E-state index is 12.2. The van der Waals surface area contributed by atoms with Gasteiger partial charge in [-0.1, -0.05) is 6.92 Å². The number of rotatable bonds is 2. The molecular formula is C10H17N3O2S. The third kappa shape index (κ3) is 2.27. The molecule has 0 bridgehead atoms. The van der Waals surface area contributed by atoms with Gasteiger partial charge in [0.25, 0.3) is 10.0 Å². The van der Waals surface area contributed by atoms with E-state index in [9.17, 15) is 8.42 Å². The van der Waals surface area contributed by atoms with Gasteiger partial charge in [0, 0.05) is 13.1 Å². The molecule has 2 heterocycles. The van der Waals surface area contributed by atoms with Crippen molar-refractivity contribution in [1.82, 2.24) is 14.3 Å². The summed E-state index contributed by atoms with van der Waals surface area (Å²) in [6.07, 6.45) is 5.74. The second-order valence-corrected chi connectivity index (χ2v) is 6.26. The Balaban J connectivity index is 2.18. The van der Waals surface area contributed by atoms with E-state index in [-0.39, 0.29) is 5.03 Å². The third-order valence-corrected chi connectivity index (χ3v) is 4.89. The molecule has 1 fully saturated rings. The summed E-state index contributed by atoms with van der Waals surface area (Å²) in [6.45, 7) is 3.40. The predicted molar refractivity (Wildman–Crippen MR) is 60.4 cm³/mol. The Kier molecular flexibility index (Phi) is 3.30. The summed E-state index contributed by atoms with van der Waals surface area (Å²) in [7, 11) is -3.35. The molecule has 1 atom stereocenters. The number of sulfonamides is 1. The minimum Gasteiger partial charge on any atom is -0.335 e. The van der Waals surface area contributed by atoms with E-state index in [0.717, 1.165) is 19.3 Å². The highest BCUT2D eigenvalue weighted by Crippen LogP contribution is 2.21. The van der Waals surface area contributed by atoms with Crippen LogP contribution in [0.4, 0.5) is 0 Å². The molecule has 1 aromatic heterocycles. The van der Waals surface area contributed by atoms with Crippen LogP contribution in [-0.4, -0.2) is 35.8 Å². The van der Waals surface area contributed by atoms with Gasteiger partial charge >= 0.3 is 0 Å². The van der Waals surface area contributed by atoms with Crippen LogP contribution in [0.25, 0.3) is 0 Å². The maximum Gasteiger partial charge on any atom is 0.260 e. The summed E-state index contributed by atoms with van der Waals surface area (Å²) in [5.74, 6) is 0.613. The van der Waals surface area contributed by atoms with E-state index in [1.807, 2.05) is 0 Å². The van der Waals surface area contributed by atoms with Crippen LogP contribution in [0.1, 0.15) is 26.2 Å². The largest absolute Gasteiger partial charge is 0.335 e. The number of hydrogen-bond donors (Lipinski definition) is 1. The molecule has 0 aliphatic carbocycles. The van der Waals surface area contributed by atoms with Gasteiger partial charge in [-0.05, 0) is 25.2 Å². The molecule has 1 saturated heterocycles. The molecule has 0 saturated carbocycles. The molecule has 5 nitrogen and oxygen atoms in total. The highest BCUT2D eigenvalue weighted by Gasteiger charge is 2.27. The molecular weight excluding hydrogens is 226 g/mol. The smallest absolute Gasteiger partial charge is 0.260 e. The SMILES string of the molecule is CC1CCCN(S(=O)(=O)c2cnc[nH]2)CC1. The van der Waals surface area contributed by atoms with E-state index < -0.39 is 10.0 Å². The van der Waals surface area contributed by atoms with E-state index in [1.165, 1.54) is 12.5 Å². The average Bonchev–Trinajstić information content (AvgIpc) is 2.68. The Morgan fingerprint density at radius 3 is 2.94 bits per heavy atom. The lowest BCUT2D eigenvalue weighted by Crippen LogP contribution is -2.32. The number of aromatic nitrogens is 2. The van der Waals surface area contributed by atoms with E-state index in [2.05, 4.69) is 16.9 Å². The summed E-state index contributed by atoms with van der Waals surface area (Å²) >= 11 is 0. The van der Waals surface area contributed by atoms with Gasteiger partial charge in [0.15, 0.2) is 5.03 Å². The van der Waals surface area contributed by atoms with Crippen LogP contribution in [0.5, 0.6) is 0 Å². The van der Waals surface area contributed by atoms with Gasteiger partial charge in [-0.15, -0.1) is 0 Å². The summed E-state index contributed by atoms with van der Waals surface area (Å²) in [6, 6.07) is 0. The van der Waals surface area contributed by atoms with E-state index in [1.54, 1.807) is 4.31 Å². The fraction of sp³-hybridized carbons (Fsp3) is 0.700. The first-order chi connectivity index (χ1) is 7.60. The number of nitrogens with zero attached hydrogens (tertiary/aromatic N) is 2. The Morgan fingerprint density at radius 1 is 1.44 bits per heavy atom. The number of nitrogens with one attached hydrogen (secondary N) is 1. The lowest BCUT2D eigenvalue weighted by Gasteiger charge is -2.18. The highest BCUT2D eigenvalue weighted by molar-refractivity contribution is 7.89. The molecule has 0 radical (unpaired) electrons. The lowest BCUT2D eigenvalue weighted by molar-refractivity contribution is 0.415. The molecule has 90 valence electrons. The maximum absolute atomic E-state index is 12.2. The first-order valence-electron chi connectivity index (χ1n) is 5.59.